The fraction of sp³-hybridized carbons (Fsp3) is 0.176. The minimum absolute atomic E-state index is 0.192. The number of anilines is 1. The quantitative estimate of drug-likeness (QED) is 0.650. The topological polar surface area (TPSA) is 64.6 Å². The highest BCUT2D eigenvalue weighted by molar-refractivity contribution is 8.00. The molecule has 0 bridgehead atoms. The lowest BCUT2D eigenvalue weighted by Crippen LogP contribution is -2.17. The average molecular weight is 331 g/mol. The van der Waals surface area contributed by atoms with Crippen molar-refractivity contribution < 1.29 is 19.1 Å². The molecule has 0 fully saturated rings. The molecule has 0 radical (unpaired) electrons. The Bertz CT molecular complexity index is 685. The molecule has 0 saturated heterocycles. The van der Waals surface area contributed by atoms with Crippen LogP contribution in [0.1, 0.15) is 10.4 Å². The molecule has 2 aromatic carbocycles. The summed E-state index contributed by atoms with van der Waals surface area (Å²) < 4.78 is 9.79. The van der Waals surface area contributed by atoms with Crippen LogP contribution in [0.2, 0.25) is 0 Å². The van der Waals surface area contributed by atoms with Gasteiger partial charge >= 0.3 is 5.97 Å². The van der Waals surface area contributed by atoms with Crippen LogP contribution in [-0.2, 0) is 9.53 Å². The third-order valence-electron chi connectivity index (χ3n) is 3.04. The maximum atomic E-state index is 12.1. The molecule has 5 nitrogen and oxygen atoms in total. The zero-order valence-electron chi connectivity index (χ0n) is 12.9. The summed E-state index contributed by atoms with van der Waals surface area (Å²) in [7, 11) is 2.91. The molecule has 0 heterocycles. The lowest BCUT2D eigenvalue weighted by Gasteiger charge is -2.09. The van der Waals surface area contributed by atoms with Crippen molar-refractivity contribution in [2.24, 2.45) is 0 Å². The molecule has 6 heteroatoms. The van der Waals surface area contributed by atoms with Crippen LogP contribution in [0.15, 0.2) is 53.4 Å². The van der Waals surface area contributed by atoms with Crippen molar-refractivity contribution in [3.05, 3.63) is 54.1 Å². The third kappa shape index (κ3) is 4.75. The molecule has 0 aliphatic rings. The monoisotopic (exact) mass is 331 g/mol. The molecule has 0 saturated carbocycles. The van der Waals surface area contributed by atoms with Gasteiger partial charge in [0.15, 0.2) is 0 Å². The van der Waals surface area contributed by atoms with Crippen molar-refractivity contribution in [3.63, 3.8) is 0 Å². The second kappa shape index (κ2) is 8.24. The van der Waals surface area contributed by atoms with Gasteiger partial charge in [0.1, 0.15) is 5.75 Å². The molecule has 2 rings (SSSR count). The Balaban J connectivity index is 1.95. The van der Waals surface area contributed by atoms with Crippen LogP contribution in [0.25, 0.3) is 0 Å². The van der Waals surface area contributed by atoms with Crippen molar-refractivity contribution in [1.29, 1.82) is 0 Å². The Morgan fingerprint density at radius 2 is 1.74 bits per heavy atom. The van der Waals surface area contributed by atoms with Gasteiger partial charge in [-0.15, -0.1) is 11.8 Å². The Kier molecular flexibility index (Phi) is 6.05. The first-order chi connectivity index (χ1) is 11.1. The minimum atomic E-state index is -0.483. The predicted octanol–water partition coefficient (Wildman–Crippen LogP) is 3.21. The smallest absolute Gasteiger partial charge is 0.339 e. The number of carbonyl (C=O) groups excluding carboxylic acids is 2. The van der Waals surface area contributed by atoms with Crippen molar-refractivity contribution in [1.82, 2.24) is 0 Å². The van der Waals surface area contributed by atoms with Gasteiger partial charge in [0.05, 0.1) is 31.2 Å². The SMILES string of the molecule is COC(=O)c1ccccc1NC(=O)CSc1ccc(OC)cc1. The molecule has 1 N–H and O–H groups in total. The zero-order chi connectivity index (χ0) is 16.7. The number of rotatable bonds is 6. The Hall–Kier alpha value is -2.47. The number of nitrogens with one attached hydrogen (secondary N) is 1. The van der Waals surface area contributed by atoms with Crippen LogP contribution >= 0.6 is 11.8 Å². The van der Waals surface area contributed by atoms with E-state index >= 15 is 0 Å². The molecule has 23 heavy (non-hydrogen) atoms. The number of benzene rings is 2. The van der Waals surface area contributed by atoms with E-state index in [0.717, 1.165) is 10.6 Å². The number of para-hydroxylation sites is 1. The zero-order valence-corrected chi connectivity index (χ0v) is 13.7. The Morgan fingerprint density at radius 1 is 1.04 bits per heavy atom. The van der Waals surface area contributed by atoms with Gasteiger partial charge in [0.25, 0.3) is 0 Å². The van der Waals surface area contributed by atoms with Gasteiger partial charge in [-0.25, -0.2) is 4.79 Å². The Morgan fingerprint density at radius 3 is 2.39 bits per heavy atom. The van der Waals surface area contributed by atoms with Gasteiger partial charge < -0.3 is 14.8 Å². The van der Waals surface area contributed by atoms with Gasteiger partial charge in [-0.3, -0.25) is 4.79 Å². The maximum Gasteiger partial charge on any atom is 0.339 e. The fourth-order valence-corrected chi connectivity index (χ4v) is 2.59. The van der Waals surface area contributed by atoms with E-state index in [0.29, 0.717) is 11.3 Å². The molecule has 0 spiro atoms. The van der Waals surface area contributed by atoms with E-state index < -0.39 is 5.97 Å². The number of methoxy groups -OCH3 is 2. The lowest BCUT2D eigenvalue weighted by molar-refractivity contribution is -0.113. The Labute approximate surface area is 139 Å². The van der Waals surface area contributed by atoms with Crippen LogP contribution in [0.4, 0.5) is 5.69 Å². The normalized spacial score (nSPS) is 10.0. The molecule has 2 aromatic rings. The van der Waals surface area contributed by atoms with E-state index in [2.05, 4.69) is 5.32 Å². The van der Waals surface area contributed by atoms with Gasteiger partial charge in [0.2, 0.25) is 5.91 Å². The molecule has 120 valence electrons. The molecule has 0 atom stereocenters. The molecule has 0 unspecified atom stereocenters. The molecule has 0 aromatic heterocycles. The van der Waals surface area contributed by atoms with E-state index in [1.165, 1.54) is 18.9 Å². The van der Waals surface area contributed by atoms with E-state index in [9.17, 15) is 9.59 Å². The number of ether oxygens (including phenoxy) is 2. The number of esters is 1. The summed E-state index contributed by atoms with van der Waals surface area (Å²) in [5.41, 5.74) is 0.775. The van der Waals surface area contributed by atoms with Crippen LogP contribution in [0, 0.1) is 0 Å². The number of hydrogen-bond donors (Lipinski definition) is 1. The number of thioether (sulfide) groups is 1. The van der Waals surface area contributed by atoms with Gasteiger partial charge in [-0.1, -0.05) is 12.1 Å². The first kappa shape index (κ1) is 16.9. The minimum Gasteiger partial charge on any atom is -0.497 e. The fourth-order valence-electron chi connectivity index (χ4n) is 1.89. The molecular weight excluding hydrogens is 314 g/mol. The lowest BCUT2D eigenvalue weighted by atomic mass is 10.2. The molecule has 0 aliphatic heterocycles. The third-order valence-corrected chi connectivity index (χ3v) is 4.05. The van der Waals surface area contributed by atoms with E-state index in [1.54, 1.807) is 31.4 Å². The van der Waals surface area contributed by atoms with E-state index in [4.69, 9.17) is 9.47 Å². The van der Waals surface area contributed by atoms with Crippen molar-refractivity contribution in [2.45, 2.75) is 4.90 Å². The van der Waals surface area contributed by atoms with Gasteiger partial charge in [-0.05, 0) is 36.4 Å². The molecular formula is C17H17NO4S. The van der Waals surface area contributed by atoms with Crippen LogP contribution in [0.5, 0.6) is 5.75 Å². The first-order valence-corrected chi connectivity index (χ1v) is 7.86. The summed E-state index contributed by atoms with van der Waals surface area (Å²) in [5, 5.41) is 2.73. The number of carbonyl (C=O) groups is 2. The average Bonchev–Trinajstić information content (AvgIpc) is 2.60. The summed E-state index contributed by atoms with van der Waals surface area (Å²) >= 11 is 1.40. The number of hydrogen-bond acceptors (Lipinski definition) is 5. The second-order valence-corrected chi connectivity index (χ2v) is 5.60. The number of amides is 1. The highest BCUT2D eigenvalue weighted by Crippen LogP contribution is 2.22. The summed E-state index contributed by atoms with van der Waals surface area (Å²) in [5.74, 6) is 0.332. The first-order valence-electron chi connectivity index (χ1n) is 6.88. The summed E-state index contributed by atoms with van der Waals surface area (Å²) in [6.45, 7) is 0. The largest absolute Gasteiger partial charge is 0.497 e. The van der Waals surface area contributed by atoms with Crippen LogP contribution < -0.4 is 10.1 Å². The van der Waals surface area contributed by atoms with Gasteiger partial charge in [-0.2, -0.15) is 0 Å². The standard InChI is InChI=1S/C17H17NO4S/c1-21-12-7-9-13(10-8-12)23-11-16(19)18-15-6-4-3-5-14(15)17(20)22-2/h3-10H,11H2,1-2H3,(H,18,19). The van der Waals surface area contributed by atoms with Crippen LogP contribution in [0.3, 0.4) is 0 Å². The second-order valence-electron chi connectivity index (χ2n) is 4.55. The highest BCUT2D eigenvalue weighted by atomic mass is 32.2. The van der Waals surface area contributed by atoms with Crippen molar-refractivity contribution in [2.75, 3.05) is 25.3 Å². The predicted molar refractivity (Wildman–Crippen MR) is 90.1 cm³/mol. The van der Waals surface area contributed by atoms with Crippen LogP contribution in [-0.4, -0.2) is 31.8 Å². The van der Waals surface area contributed by atoms with Crippen molar-refractivity contribution in [3.8, 4) is 5.75 Å². The van der Waals surface area contributed by atoms with Crippen molar-refractivity contribution >= 4 is 29.3 Å². The highest BCUT2D eigenvalue weighted by Gasteiger charge is 2.13. The summed E-state index contributed by atoms with van der Waals surface area (Å²) in [6.07, 6.45) is 0. The van der Waals surface area contributed by atoms with E-state index in [1.807, 2.05) is 24.3 Å². The molecule has 1 amide bonds. The maximum absolute atomic E-state index is 12.1. The van der Waals surface area contributed by atoms with Gasteiger partial charge in [0, 0.05) is 4.90 Å². The summed E-state index contributed by atoms with van der Waals surface area (Å²) in [6, 6.07) is 14.2. The molecule has 0 aliphatic carbocycles. The van der Waals surface area contributed by atoms with E-state index in [-0.39, 0.29) is 11.7 Å². The summed E-state index contributed by atoms with van der Waals surface area (Å²) in [4.78, 5) is 24.7.